The molecule has 1 saturated heterocycles. The third-order valence-electron chi connectivity index (χ3n) is 4.00. The number of amides is 4. The monoisotopic (exact) mass is 333 g/mol. The Hall–Kier alpha value is -2.57. The quantitative estimate of drug-likeness (QED) is 0.765. The highest BCUT2D eigenvalue weighted by molar-refractivity contribution is 6.06. The molecule has 2 rings (SSSR count). The molecule has 1 aliphatic heterocycles. The number of hydrogen-bond acceptors (Lipinski definition) is 4. The summed E-state index contributed by atoms with van der Waals surface area (Å²) in [7, 11) is 3.21. The van der Waals surface area contributed by atoms with Crippen LogP contribution in [0.1, 0.15) is 25.3 Å². The zero-order chi connectivity index (χ0) is 17.7. The van der Waals surface area contributed by atoms with E-state index in [0.717, 1.165) is 16.9 Å². The smallest absolute Gasteiger partial charge is 0.325 e. The van der Waals surface area contributed by atoms with Gasteiger partial charge in [0, 0.05) is 19.2 Å². The van der Waals surface area contributed by atoms with Gasteiger partial charge in [0.2, 0.25) is 5.91 Å². The fraction of sp³-hybridized carbons (Fsp3) is 0.471. The maximum Gasteiger partial charge on any atom is 0.325 e. The maximum absolute atomic E-state index is 12.4. The molecule has 1 aliphatic rings. The number of para-hydroxylation sites is 1. The van der Waals surface area contributed by atoms with E-state index in [9.17, 15) is 14.4 Å². The highest BCUT2D eigenvalue weighted by Crippen LogP contribution is 2.19. The van der Waals surface area contributed by atoms with Crippen LogP contribution in [0.25, 0.3) is 0 Å². The van der Waals surface area contributed by atoms with Crippen molar-refractivity contribution in [2.45, 2.75) is 32.4 Å². The topological polar surface area (TPSA) is 79.0 Å². The summed E-state index contributed by atoms with van der Waals surface area (Å²) in [4.78, 5) is 38.9. The first-order chi connectivity index (χ1) is 11.5. The third kappa shape index (κ3) is 3.84. The number of likely N-dealkylation sites (N-methyl/N-ethyl adjacent to an activating group) is 1. The predicted molar refractivity (Wildman–Crippen MR) is 88.4 cm³/mol. The Bertz CT molecular complexity index is 632. The number of ether oxygens (including phenoxy) is 1. The van der Waals surface area contributed by atoms with Crippen LogP contribution in [-0.4, -0.2) is 54.4 Å². The number of urea groups is 1. The number of nitrogens with zero attached hydrogens (tertiary/aromatic N) is 2. The van der Waals surface area contributed by atoms with Crippen LogP contribution in [0, 0.1) is 0 Å². The summed E-state index contributed by atoms with van der Waals surface area (Å²) in [6, 6.07) is 6.38. The van der Waals surface area contributed by atoms with Gasteiger partial charge in [0.15, 0.2) is 0 Å². The Morgan fingerprint density at radius 3 is 2.71 bits per heavy atom. The molecular weight excluding hydrogens is 310 g/mol. The van der Waals surface area contributed by atoms with Gasteiger partial charge >= 0.3 is 6.03 Å². The highest BCUT2D eigenvalue weighted by Gasteiger charge is 2.38. The van der Waals surface area contributed by atoms with E-state index in [0.29, 0.717) is 18.7 Å². The van der Waals surface area contributed by atoms with Gasteiger partial charge in [-0.3, -0.25) is 14.5 Å². The first-order valence-electron chi connectivity index (χ1n) is 7.95. The largest absolute Gasteiger partial charge is 0.496 e. The maximum atomic E-state index is 12.4. The molecule has 0 spiro atoms. The average Bonchev–Trinajstić information content (AvgIpc) is 2.83. The Labute approximate surface area is 141 Å². The van der Waals surface area contributed by atoms with Gasteiger partial charge < -0.3 is 15.0 Å². The number of benzene rings is 1. The van der Waals surface area contributed by atoms with Crippen LogP contribution < -0.4 is 10.1 Å². The third-order valence-corrected chi connectivity index (χ3v) is 4.00. The van der Waals surface area contributed by atoms with Crippen molar-refractivity contribution >= 4 is 17.8 Å². The Morgan fingerprint density at radius 2 is 2.04 bits per heavy atom. The SMILES string of the molecule is CCC[C@@H]1NC(=O)N(CC(=O)N(C)Cc2ccccc2OC)C1=O. The van der Waals surface area contributed by atoms with E-state index >= 15 is 0 Å². The number of imide groups is 1. The van der Waals surface area contributed by atoms with Crippen molar-refractivity contribution in [3.05, 3.63) is 29.8 Å². The van der Waals surface area contributed by atoms with Crippen LogP contribution in [0.3, 0.4) is 0 Å². The number of carbonyl (C=O) groups is 3. The molecule has 1 heterocycles. The van der Waals surface area contributed by atoms with E-state index in [1.54, 1.807) is 14.2 Å². The number of carbonyl (C=O) groups excluding carboxylic acids is 3. The van der Waals surface area contributed by atoms with Gasteiger partial charge in [-0.05, 0) is 12.5 Å². The Morgan fingerprint density at radius 1 is 1.33 bits per heavy atom. The second-order valence-electron chi connectivity index (χ2n) is 5.78. The van der Waals surface area contributed by atoms with Gasteiger partial charge in [0.1, 0.15) is 18.3 Å². The first-order valence-corrected chi connectivity index (χ1v) is 7.95. The van der Waals surface area contributed by atoms with Crippen molar-refractivity contribution in [3.63, 3.8) is 0 Å². The Kier molecular flexibility index (Phi) is 5.78. The molecule has 1 fully saturated rings. The van der Waals surface area contributed by atoms with Crippen molar-refractivity contribution < 1.29 is 19.1 Å². The predicted octanol–water partition coefficient (Wildman–Crippen LogP) is 1.37. The molecule has 1 atom stereocenters. The van der Waals surface area contributed by atoms with Gasteiger partial charge in [-0.25, -0.2) is 4.79 Å². The molecule has 7 heteroatoms. The molecule has 0 bridgehead atoms. The van der Waals surface area contributed by atoms with Crippen molar-refractivity contribution in [2.75, 3.05) is 20.7 Å². The molecule has 0 radical (unpaired) electrons. The van der Waals surface area contributed by atoms with E-state index in [4.69, 9.17) is 4.74 Å². The molecule has 0 unspecified atom stereocenters. The summed E-state index contributed by atoms with van der Waals surface area (Å²) >= 11 is 0. The van der Waals surface area contributed by atoms with Gasteiger partial charge in [0.05, 0.1) is 7.11 Å². The molecule has 130 valence electrons. The minimum atomic E-state index is -0.519. The van der Waals surface area contributed by atoms with Crippen molar-refractivity contribution in [2.24, 2.45) is 0 Å². The van der Waals surface area contributed by atoms with Crippen molar-refractivity contribution in [1.29, 1.82) is 0 Å². The molecule has 4 amide bonds. The van der Waals surface area contributed by atoms with Crippen LogP contribution in [0.5, 0.6) is 5.75 Å². The summed E-state index contributed by atoms with van der Waals surface area (Å²) in [6.45, 7) is 2.02. The fourth-order valence-corrected chi connectivity index (χ4v) is 2.64. The second kappa shape index (κ2) is 7.81. The molecule has 0 aliphatic carbocycles. The van der Waals surface area contributed by atoms with Crippen LogP contribution >= 0.6 is 0 Å². The van der Waals surface area contributed by atoms with Gasteiger partial charge in [-0.15, -0.1) is 0 Å². The van der Waals surface area contributed by atoms with Crippen molar-refractivity contribution in [1.82, 2.24) is 15.1 Å². The normalized spacial score (nSPS) is 17.0. The average molecular weight is 333 g/mol. The van der Waals surface area contributed by atoms with Gasteiger partial charge in [0.25, 0.3) is 5.91 Å². The summed E-state index contributed by atoms with van der Waals surface area (Å²) in [5.41, 5.74) is 0.858. The lowest BCUT2D eigenvalue weighted by Crippen LogP contribution is -2.41. The van der Waals surface area contributed by atoms with Gasteiger partial charge in [-0.2, -0.15) is 0 Å². The second-order valence-corrected chi connectivity index (χ2v) is 5.78. The fourth-order valence-electron chi connectivity index (χ4n) is 2.64. The number of methoxy groups -OCH3 is 1. The molecule has 1 aromatic carbocycles. The van der Waals surface area contributed by atoms with E-state index in [1.807, 2.05) is 31.2 Å². The van der Waals surface area contributed by atoms with E-state index in [1.165, 1.54) is 4.90 Å². The summed E-state index contributed by atoms with van der Waals surface area (Å²) in [6.07, 6.45) is 1.36. The summed E-state index contributed by atoms with van der Waals surface area (Å²) < 4.78 is 5.27. The summed E-state index contributed by atoms with van der Waals surface area (Å²) in [5.74, 6) is 0.0533. The van der Waals surface area contributed by atoms with Crippen LogP contribution in [-0.2, 0) is 16.1 Å². The molecular formula is C17H23N3O4. The van der Waals surface area contributed by atoms with E-state index in [2.05, 4.69) is 5.32 Å². The molecule has 0 aromatic heterocycles. The number of hydrogen-bond donors (Lipinski definition) is 1. The van der Waals surface area contributed by atoms with Crippen molar-refractivity contribution in [3.8, 4) is 5.75 Å². The number of nitrogens with one attached hydrogen (secondary N) is 1. The van der Waals surface area contributed by atoms with Crippen LogP contribution in [0.4, 0.5) is 4.79 Å². The summed E-state index contributed by atoms with van der Waals surface area (Å²) in [5, 5.41) is 2.61. The Balaban J connectivity index is 1.99. The van der Waals surface area contributed by atoms with Crippen LogP contribution in [0.2, 0.25) is 0 Å². The van der Waals surface area contributed by atoms with Crippen LogP contribution in [0.15, 0.2) is 24.3 Å². The molecule has 24 heavy (non-hydrogen) atoms. The first kappa shape index (κ1) is 17.8. The zero-order valence-electron chi connectivity index (χ0n) is 14.2. The lowest BCUT2D eigenvalue weighted by Gasteiger charge is -2.21. The van der Waals surface area contributed by atoms with Gasteiger partial charge in [-0.1, -0.05) is 31.5 Å². The minimum Gasteiger partial charge on any atom is -0.496 e. The molecule has 1 N–H and O–H groups in total. The zero-order valence-corrected chi connectivity index (χ0v) is 14.2. The number of rotatable bonds is 7. The standard InChI is InChI=1S/C17H23N3O4/c1-4-7-13-16(22)20(17(23)18-13)11-15(21)19(2)10-12-8-5-6-9-14(12)24-3/h5-6,8-9,13H,4,7,10-11H2,1-3H3,(H,18,23)/t13-/m0/s1. The van der Waals surface area contributed by atoms with E-state index < -0.39 is 12.1 Å². The lowest BCUT2D eigenvalue weighted by atomic mass is 10.1. The lowest BCUT2D eigenvalue weighted by molar-refractivity contribution is -0.136. The molecule has 7 nitrogen and oxygen atoms in total. The molecule has 0 saturated carbocycles. The minimum absolute atomic E-state index is 0.253. The van der Waals surface area contributed by atoms with E-state index in [-0.39, 0.29) is 18.4 Å². The highest BCUT2D eigenvalue weighted by atomic mass is 16.5. The molecule has 1 aromatic rings.